The maximum absolute atomic E-state index is 12.4. The number of ether oxygens (including phenoxy) is 1. The molecule has 2 aromatic carbocycles. The van der Waals surface area contributed by atoms with Gasteiger partial charge in [0, 0.05) is 23.4 Å². The lowest BCUT2D eigenvalue weighted by Gasteiger charge is -2.13. The second-order valence-electron chi connectivity index (χ2n) is 5.37. The summed E-state index contributed by atoms with van der Waals surface area (Å²) in [6.45, 7) is -0.910. The van der Waals surface area contributed by atoms with Crippen molar-refractivity contribution in [3.05, 3.63) is 64.8 Å². The molecule has 0 radical (unpaired) electrons. The van der Waals surface area contributed by atoms with Crippen molar-refractivity contribution in [2.24, 2.45) is 0 Å². The van der Waals surface area contributed by atoms with Crippen LogP contribution < -0.4 is 4.74 Å². The van der Waals surface area contributed by atoms with Crippen LogP contribution >= 0.6 is 11.8 Å². The lowest BCUT2D eigenvalue weighted by molar-refractivity contribution is -0.384. The highest BCUT2D eigenvalue weighted by Gasteiger charge is 2.16. The second-order valence-corrected chi connectivity index (χ2v) is 6.61. The number of non-ortho nitro benzene ring substituents is 1. The minimum absolute atomic E-state index is 0.0226. The maximum atomic E-state index is 12.4. The van der Waals surface area contributed by atoms with Crippen molar-refractivity contribution in [1.82, 2.24) is 9.55 Å². The van der Waals surface area contributed by atoms with Crippen molar-refractivity contribution in [3.63, 3.8) is 0 Å². The van der Waals surface area contributed by atoms with E-state index in [0.717, 1.165) is 5.75 Å². The Balaban J connectivity index is 2.07. The van der Waals surface area contributed by atoms with E-state index >= 15 is 0 Å². The first-order valence-corrected chi connectivity index (χ1v) is 8.98. The molecule has 0 amide bonds. The van der Waals surface area contributed by atoms with Gasteiger partial charge in [-0.05, 0) is 30.0 Å². The lowest BCUT2D eigenvalue weighted by atomic mass is 10.1. The molecule has 0 aliphatic heterocycles. The van der Waals surface area contributed by atoms with Crippen LogP contribution in [0.3, 0.4) is 0 Å². The van der Waals surface area contributed by atoms with Gasteiger partial charge in [0.2, 0.25) is 0 Å². The summed E-state index contributed by atoms with van der Waals surface area (Å²) in [4.78, 5) is 15.0. The molecule has 0 spiro atoms. The first-order valence-electron chi connectivity index (χ1n) is 8.00. The predicted octanol–water partition coefficient (Wildman–Crippen LogP) is 5.16. The number of hydrogen-bond acceptors (Lipinski definition) is 5. The van der Waals surface area contributed by atoms with E-state index in [9.17, 15) is 18.9 Å². The van der Waals surface area contributed by atoms with Crippen LogP contribution in [0.1, 0.15) is 6.92 Å². The van der Waals surface area contributed by atoms with Crippen molar-refractivity contribution in [2.45, 2.75) is 18.7 Å². The maximum Gasteiger partial charge on any atom is 0.387 e. The molecule has 3 aromatic rings. The van der Waals surface area contributed by atoms with Crippen LogP contribution in [0.2, 0.25) is 0 Å². The summed E-state index contributed by atoms with van der Waals surface area (Å²) in [5.41, 5.74) is 1.96. The Morgan fingerprint density at radius 1 is 1.26 bits per heavy atom. The van der Waals surface area contributed by atoms with Crippen molar-refractivity contribution in [3.8, 4) is 22.7 Å². The van der Waals surface area contributed by atoms with E-state index in [1.807, 2.05) is 11.5 Å². The molecule has 0 saturated heterocycles. The third-order valence-electron chi connectivity index (χ3n) is 3.68. The monoisotopic (exact) mass is 391 g/mol. The standard InChI is InChI=1S/C18H15F2N3O3S/c1-2-27-18-21-11-16(12-4-3-5-14(10-12)23(24)25)22(18)13-6-8-15(9-7-13)26-17(19)20/h3-11,17H,2H2,1H3. The van der Waals surface area contributed by atoms with Crippen LogP contribution in [0, 0.1) is 10.1 Å². The fourth-order valence-corrected chi connectivity index (χ4v) is 3.29. The zero-order valence-electron chi connectivity index (χ0n) is 14.2. The smallest absolute Gasteiger partial charge is 0.387 e. The van der Waals surface area contributed by atoms with E-state index in [2.05, 4.69) is 9.72 Å². The number of nitrogens with zero attached hydrogens (tertiary/aromatic N) is 3. The van der Waals surface area contributed by atoms with E-state index in [1.165, 1.54) is 36.0 Å². The summed E-state index contributed by atoms with van der Waals surface area (Å²) >= 11 is 1.50. The van der Waals surface area contributed by atoms with Gasteiger partial charge in [-0.15, -0.1) is 0 Å². The number of benzene rings is 2. The fourth-order valence-electron chi connectivity index (χ4n) is 2.57. The highest BCUT2D eigenvalue weighted by atomic mass is 32.2. The van der Waals surface area contributed by atoms with Gasteiger partial charge in [-0.1, -0.05) is 30.8 Å². The van der Waals surface area contributed by atoms with Crippen molar-refractivity contribution < 1.29 is 18.4 Å². The van der Waals surface area contributed by atoms with Crippen LogP contribution in [-0.2, 0) is 0 Å². The Hall–Kier alpha value is -2.94. The molecule has 0 fully saturated rings. The molecular weight excluding hydrogens is 376 g/mol. The van der Waals surface area contributed by atoms with Crippen LogP contribution in [0.15, 0.2) is 59.9 Å². The third kappa shape index (κ3) is 4.25. The minimum Gasteiger partial charge on any atom is -0.435 e. The molecular formula is C18H15F2N3O3S. The van der Waals surface area contributed by atoms with E-state index in [4.69, 9.17) is 0 Å². The Morgan fingerprint density at radius 3 is 2.63 bits per heavy atom. The number of rotatable bonds is 7. The number of nitro benzene ring substituents is 1. The fraction of sp³-hybridized carbons (Fsp3) is 0.167. The molecule has 1 aromatic heterocycles. The van der Waals surface area contributed by atoms with Crippen LogP contribution in [0.4, 0.5) is 14.5 Å². The average molecular weight is 391 g/mol. The molecule has 0 aliphatic carbocycles. The zero-order valence-corrected chi connectivity index (χ0v) is 15.0. The molecule has 27 heavy (non-hydrogen) atoms. The number of halogens is 2. The SMILES string of the molecule is CCSc1ncc(-c2cccc([N+](=O)[O-])c2)n1-c1ccc(OC(F)F)cc1. The first kappa shape index (κ1) is 18.8. The van der Waals surface area contributed by atoms with E-state index in [1.54, 1.807) is 30.5 Å². The van der Waals surface area contributed by atoms with Gasteiger partial charge in [-0.2, -0.15) is 8.78 Å². The number of hydrogen-bond donors (Lipinski definition) is 0. The van der Waals surface area contributed by atoms with Crippen LogP contribution in [0.5, 0.6) is 5.75 Å². The summed E-state index contributed by atoms with van der Waals surface area (Å²) < 4.78 is 30.9. The van der Waals surface area contributed by atoms with Gasteiger partial charge in [0.25, 0.3) is 5.69 Å². The Morgan fingerprint density at radius 2 is 2.00 bits per heavy atom. The largest absolute Gasteiger partial charge is 0.435 e. The summed E-state index contributed by atoms with van der Waals surface area (Å²) in [5, 5.41) is 11.8. The summed E-state index contributed by atoms with van der Waals surface area (Å²) in [6, 6.07) is 12.4. The average Bonchev–Trinajstić information content (AvgIpc) is 3.06. The molecule has 0 N–H and O–H groups in total. The lowest BCUT2D eigenvalue weighted by Crippen LogP contribution is -2.03. The topological polar surface area (TPSA) is 70.2 Å². The minimum atomic E-state index is -2.89. The van der Waals surface area contributed by atoms with Crippen LogP contribution in [-0.4, -0.2) is 26.8 Å². The molecule has 6 nitrogen and oxygen atoms in total. The van der Waals surface area contributed by atoms with Gasteiger partial charge in [0.05, 0.1) is 16.8 Å². The van der Waals surface area contributed by atoms with Gasteiger partial charge in [0.1, 0.15) is 5.75 Å². The highest BCUT2D eigenvalue weighted by Crippen LogP contribution is 2.32. The Labute approximate surface area is 157 Å². The first-order chi connectivity index (χ1) is 13.0. The molecule has 140 valence electrons. The van der Waals surface area contributed by atoms with Gasteiger partial charge < -0.3 is 4.74 Å². The van der Waals surface area contributed by atoms with Gasteiger partial charge in [-0.25, -0.2) is 4.98 Å². The van der Waals surface area contributed by atoms with Crippen molar-refractivity contribution >= 4 is 17.4 Å². The van der Waals surface area contributed by atoms with E-state index in [-0.39, 0.29) is 11.4 Å². The molecule has 9 heteroatoms. The predicted molar refractivity (Wildman–Crippen MR) is 98.7 cm³/mol. The number of nitro groups is 1. The van der Waals surface area contributed by atoms with Gasteiger partial charge in [0.15, 0.2) is 5.16 Å². The molecule has 3 rings (SSSR count). The van der Waals surface area contributed by atoms with E-state index in [0.29, 0.717) is 22.1 Å². The number of imidazole rings is 1. The van der Waals surface area contributed by atoms with Gasteiger partial charge in [-0.3, -0.25) is 14.7 Å². The number of alkyl halides is 2. The summed E-state index contributed by atoms with van der Waals surface area (Å²) in [7, 11) is 0. The van der Waals surface area contributed by atoms with Gasteiger partial charge >= 0.3 is 6.61 Å². The molecule has 1 heterocycles. The highest BCUT2D eigenvalue weighted by molar-refractivity contribution is 7.99. The summed E-state index contributed by atoms with van der Waals surface area (Å²) in [5.74, 6) is 0.827. The molecule has 0 unspecified atom stereocenters. The molecule has 0 saturated carbocycles. The third-order valence-corrected chi connectivity index (χ3v) is 4.51. The van der Waals surface area contributed by atoms with Crippen molar-refractivity contribution in [2.75, 3.05) is 5.75 Å². The quantitative estimate of drug-likeness (QED) is 0.316. The molecule has 0 bridgehead atoms. The second kappa shape index (κ2) is 8.17. The molecule has 0 aliphatic rings. The van der Waals surface area contributed by atoms with Crippen LogP contribution in [0.25, 0.3) is 16.9 Å². The number of thioether (sulfide) groups is 1. The number of aromatic nitrogens is 2. The summed E-state index contributed by atoms with van der Waals surface area (Å²) in [6.07, 6.45) is 1.64. The normalized spacial score (nSPS) is 11.0. The Bertz CT molecular complexity index is 945. The zero-order chi connectivity index (χ0) is 19.4. The Kier molecular flexibility index (Phi) is 5.70. The van der Waals surface area contributed by atoms with E-state index < -0.39 is 11.5 Å². The van der Waals surface area contributed by atoms with Crippen molar-refractivity contribution in [1.29, 1.82) is 0 Å². The molecule has 0 atom stereocenters.